The van der Waals surface area contributed by atoms with Crippen molar-refractivity contribution < 1.29 is 4.79 Å². The van der Waals surface area contributed by atoms with E-state index in [4.69, 9.17) is 0 Å². The van der Waals surface area contributed by atoms with Crippen molar-refractivity contribution in [2.45, 2.75) is 77.0 Å². The summed E-state index contributed by atoms with van der Waals surface area (Å²) >= 11 is 1.40. The number of rotatable bonds is 7. The van der Waals surface area contributed by atoms with Gasteiger partial charge in [0, 0.05) is 24.8 Å². The lowest BCUT2D eigenvalue weighted by molar-refractivity contribution is -0.132. The Balaban J connectivity index is 1.82. The van der Waals surface area contributed by atoms with Crippen LogP contribution in [0.5, 0.6) is 0 Å². The first-order chi connectivity index (χ1) is 13.0. The fraction of sp³-hybridized carbons (Fsp3) is 0.650. The third kappa shape index (κ3) is 4.39. The van der Waals surface area contributed by atoms with E-state index in [0.717, 1.165) is 44.3 Å². The van der Waals surface area contributed by atoms with Crippen molar-refractivity contribution in [3.8, 4) is 0 Å². The third-order valence-corrected chi connectivity index (χ3v) is 6.28. The predicted octanol–water partition coefficient (Wildman–Crippen LogP) is 3.72. The van der Waals surface area contributed by atoms with Gasteiger partial charge in [-0.3, -0.25) is 14.2 Å². The Morgan fingerprint density at radius 2 is 2.19 bits per heavy atom. The van der Waals surface area contributed by atoms with Crippen LogP contribution in [0, 0.1) is 6.92 Å². The number of likely N-dealkylation sites (tertiary alicyclic amines) is 1. The van der Waals surface area contributed by atoms with E-state index in [0.29, 0.717) is 34.5 Å². The molecule has 1 amide bonds. The number of piperidine rings is 1. The highest BCUT2D eigenvalue weighted by Gasteiger charge is 2.25. The number of H-pyrrole nitrogens is 1. The van der Waals surface area contributed by atoms with Gasteiger partial charge in [-0.2, -0.15) is 0 Å². The van der Waals surface area contributed by atoms with Crippen molar-refractivity contribution >= 4 is 28.7 Å². The van der Waals surface area contributed by atoms with Gasteiger partial charge in [0.15, 0.2) is 5.16 Å². The van der Waals surface area contributed by atoms with Crippen LogP contribution in [-0.2, 0) is 11.3 Å². The number of hydrogen-bond donors (Lipinski definition) is 1. The van der Waals surface area contributed by atoms with Crippen molar-refractivity contribution in [2.24, 2.45) is 0 Å². The molecule has 6 nitrogen and oxygen atoms in total. The van der Waals surface area contributed by atoms with Crippen molar-refractivity contribution in [3.05, 3.63) is 22.1 Å². The maximum absolute atomic E-state index is 12.9. The molecule has 1 saturated heterocycles. The molecule has 0 unspecified atom stereocenters. The van der Waals surface area contributed by atoms with Crippen LogP contribution >= 0.6 is 11.8 Å². The van der Waals surface area contributed by atoms with E-state index >= 15 is 0 Å². The molecule has 1 fully saturated rings. The zero-order chi connectivity index (χ0) is 19.4. The monoisotopic (exact) mass is 390 g/mol. The molecular formula is C20H30N4O2S. The molecule has 2 aromatic heterocycles. The Kier molecular flexibility index (Phi) is 6.63. The Morgan fingerprint density at radius 1 is 1.37 bits per heavy atom. The minimum absolute atomic E-state index is 0.0408. The van der Waals surface area contributed by atoms with Crippen molar-refractivity contribution in [1.29, 1.82) is 0 Å². The standard InChI is InChI=1S/C20H30N4O2S/c1-4-6-10-24-19(26)18-16(12-14(3)21-18)22-20(24)27-13-17(25)23-11-8-7-9-15(23)5-2/h12,15,21H,4-11,13H2,1-3H3/t15-/m0/s1. The topological polar surface area (TPSA) is 71.0 Å². The highest BCUT2D eigenvalue weighted by atomic mass is 32.2. The number of thioether (sulfide) groups is 1. The van der Waals surface area contributed by atoms with Gasteiger partial charge in [0.05, 0.1) is 11.3 Å². The number of unbranched alkanes of at least 4 members (excludes halogenated alkanes) is 1. The minimum Gasteiger partial charge on any atom is -0.353 e. The number of aryl methyl sites for hydroxylation is 1. The maximum Gasteiger partial charge on any atom is 0.278 e. The number of aromatic amines is 1. The van der Waals surface area contributed by atoms with Gasteiger partial charge >= 0.3 is 0 Å². The summed E-state index contributed by atoms with van der Waals surface area (Å²) in [7, 11) is 0. The van der Waals surface area contributed by atoms with Gasteiger partial charge in [0.25, 0.3) is 5.56 Å². The molecule has 0 saturated carbocycles. The molecule has 27 heavy (non-hydrogen) atoms. The second-order valence-corrected chi connectivity index (χ2v) is 8.29. The zero-order valence-electron chi connectivity index (χ0n) is 16.6. The highest BCUT2D eigenvalue weighted by Crippen LogP contribution is 2.23. The summed E-state index contributed by atoms with van der Waals surface area (Å²) in [5.74, 6) is 0.498. The first kappa shape index (κ1) is 20.0. The number of hydrogen-bond acceptors (Lipinski definition) is 4. The number of aromatic nitrogens is 3. The lowest BCUT2D eigenvalue weighted by atomic mass is 10.0. The van der Waals surface area contributed by atoms with Gasteiger partial charge in [-0.05, 0) is 45.1 Å². The number of fused-ring (bicyclic) bond motifs is 1. The average molecular weight is 391 g/mol. The van der Waals surface area contributed by atoms with Crippen LogP contribution in [0.25, 0.3) is 11.0 Å². The number of carbonyl (C=O) groups is 1. The molecule has 0 spiro atoms. The van der Waals surface area contributed by atoms with Crippen LogP contribution < -0.4 is 5.56 Å². The molecule has 0 radical (unpaired) electrons. The Hall–Kier alpha value is -1.76. The van der Waals surface area contributed by atoms with Gasteiger partial charge in [-0.1, -0.05) is 32.0 Å². The van der Waals surface area contributed by atoms with E-state index in [1.807, 2.05) is 17.9 Å². The number of nitrogens with one attached hydrogen (secondary N) is 1. The lowest BCUT2D eigenvalue weighted by Gasteiger charge is -2.35. The van der Waals surface area contributed by atoms with E-state index in [1.165, 1.54) is 18.2 Å². The molecule has 0 bridgehead atoms. The summed E-state index contributed by atoms with van der Waals surface area (Å²) in [5, 5.41) is 0.651. The molecule has 1 atom stereocenters. The first-order valence-electron chi connectivity index (χ1n) is 10.1. The molecule has 3 heterocycles. The highest BCUT2D eigenvalue weighted by molar-refractivity contribution is 7.99. The van der Waals surface area contributed by atoms with E-state index in [9.17, 15) is 9.59 Å². The molecule has 0 aliphatic carbocycles. The second kappa shape index (κ2) is 8.95. The molecule has 148 valence electrons. The molecular weight excluding hydrogens is 360 g/mol. The number of carbonyl (C=O) groups excluding carboxylic acids is 1. The van der Waals surface area contributed by atoms with Gasteiger partial charge < -0.3 is 9.88 Å². The van der Waals surface area contributed by atoms with Crippen molar-refractivity contribution in [2.75, 3.05) is 12.3 Å². The van der Waals surface area contributed by atoms with Crippen LogP contribution in [0.4, 0.5) is 0 Å². The van der Waals surface area contributed by atoms with Crippen LogP contribution in [-0.4, -0.2) is 43.7 Å². The molecule has 1 N–H and O–H groups in total. The maximum atomic E-state index is 12.9. The summed E-state index contributed by atoms with van der Waals surface area (Å²) in [4.78, 5) is 35.5. The SMILES string of the molecule is CCCCn1c(SCC(=O)N2CCCC[C@@H]2CC)nc2cc(C)[nH]c2c1=O. The van der Waals surface area contributed by atoms with Gasteiger partial charge in [0.2, 0.25) is 5.91 Å². The van der Waals surface area contributed by atoms with E-state index in [2.05, 4.69) is 23.8 Å². The van der Waals surface area contributed by atoms with Crippen LogP contribution in [0.1, 0.15) is 58.1 Å². The summed E-state index contributed by atoms with van der Waals surface area (Å²) < 4.78 is 1.73. The summed E-state index contributed by atoms with van der Waals surface area (Å²) in [6.07, 6.45) is 6.31. The minimum atomic E-state index is -0.0408. The lowest BCUT2D eigenvalue weighted by Crippen LogP contribution is -2.44. The fourth-order valence-corrected chi connectivity index (χ4v) is 4.71. The largest absolute Gasteiger partial charge is 0.353 e. The molecule has 3 rings (SSSR count). The van der Waals surface area contributed by atoms with E-state index in [-0.39, 0.29) is 11.5 Å². The molecule has 2 aromatic rings. The molecule has 7 heteroatoms. The summed E-state index contributed by atoms with van der Waals surface area (Å²) in [6, 6.07) is 2.25. The summed E-state index contributed by atoms with van der Waals surface area (Å²) in [6.45, 7) is 7.66. The molecule has 1 aliphatic rings. The quantitative estimate of drug-likeness (QED) is 0.578. The number of amides is 1. The number of nitrogens with zero attached hydrogens (tertiary/aromatic N) is 3. The zero-order valence-corrected chi connectivity index (χ0v) is 17.4. The predicted molar refractivity (Wildman–Crippen MR) is 110 cm³/mol. The Morgan fingerprint density at radius 3 is 2.93 bits per heavy atom. The smallest absolute Gasteiger partial charge is 0.278 e. The second-order valence-electron chi connectivity index (χ2n) is 7.35. The first-order valence-corrected chi connectivity index (χ1v) is 11.1. The van der Waals surface area contributed by atoms with Crippen molar-refractivity contribution in [3.63, 3.8) is 0 Å². The molecule has 0 aromatic carbocycles. The van der Waals surface area contributed by atoms with Crippen molar-refractivity contribution in [1.82, 2.24) is 19.4 Å². The normalized spacial score (nSPS) is 17.6. The fourth-order valence-electron chi connectivity index (χ4n) is 3.80. The average Bonchev–Trinajstić information content (AvgIpc) is 3.06. The van der Waals surface area contributed by atoms with Crippen LogP contribution in [0.3, 0.4) is 0 Å². The van der Waals surface area contributed by atoms with E-state index < -0.39 is 0 Å². The van der Waals surface area contributed by atoms with Gasteiger partial charge in [0.1, 0.15) is 5.52 Å². The Bertz CT molecular complexity index is 858. The Labute approximate surface area is 164 Å². The summed E-state index contributed by atoms with van der Waals surface area (Å²) in [5.41, 5.74) is 2.13. The van der Waals surface area contributed by atoms with Gasteiger partial charge in [-0.25, -0.2) is 4.98 Å². The molecule has 1 aliphatic heterocycles. The van der Waals surface area contributed by atoms with E-state index in [1.54, 1.807) is 4.57 Å². The van der Waals surface area contributed by atoms with Crippen LogP contribution in [0.2, 0.25) is 0 Å². The van der Waals surface area contributed by atoms with Gasteiger partial charge in [-0.15, -0.1) is 0 Å². The van der Waals surface area contributed by atoms with Crippen LogP contribution in [0.15, 0.2) is 16.0 Å². The third-order valence-electron chi connectivity index (χ3n) is 5.32.